The lowest BCUT2D eigenvalue weighted by atomic mass is 9.99. The van der Waals surface area contributed by atoms with Crippen LogP contribution in [0.2, 0.25) is 0 Å². The highest BCUT2D eigenvalue weighted by Crippen LogP contribution is 2.31. The number of benzene rings is 2. The summed E-state index contributed by atoms with van der Waals surface area (Å²) < 4.78 is 13.1. The lowest BCUT2D eigenvalue weighted by molar-refractivity contribution is 0.0694. The summed E-state index contributed by atoms with van der Waals surface area (Å²) in [5.74, 6) is -2.79. The zero-order valence-corrected chi connectivity index (χ0v) is 15.4. The summed E-state index contributed by atoms with van der Waals surface area (Å²) in [6.07, 6.45) is 2.24. The number of aliphatic hydroxyl groups excluding tert-OH is 1. The van der Waals surface area contributed by atoms with Crippen LogP contribution in [0.15, 0.2) is 42.6 Å². The Morgan fingerprint density at radius 2 is 1.79 bits per heavy atom. The van der Waals surface area contributed by atoms with Crippen LogP contribution in [-0.2, 0) is 6.42 Å². The highest BCUT2D eigenvalue weighted by Gasteiger charge is 2.21. The van der Waals surface area contributed by atoms with Gasteiger partial charge in [0, 0.05) is 30.3 Å². The van der Waals surface area contributed by atoms with Crippen molar-refractivity contribution in [3.05, 3.63) is 70.7 Å². The normalized spacial score (nSPS) is 10.8. The second kappa shape index (κ2) is 8.66. The molecule has 3 rings (SSSR count). The number of aromatic nitrogens is 1. The summed E-state index contributed by atoms with van der Waals surface area (Å²) in [6.45, 7) is 0.114. The quantitative estimate of drug-likeness (QED) is 0.454. The number of aromatic hydroxyl groups is 1. The Balaban J connectivity index is 2.07. The van der Waals surface area contributed by atoms with Gasteiger partial charge in [0.1, 0.15) is 16.9 Å². The molecule has 0 aliphatic heterocycles. The van der Waals surface area contributed by atoms with Crippen molar-refractivity contribution in [2.24, 2.45) is 0 Å². The van der Waals surface area contributed by atoms with E-state index >= 15 is 0 Å². The van der Waals surface area contributed by atoms with Crippen LogP contribution < -0.4 is 5.32 Å². The first-order chi connectivity index (χ1) is 13.9. The maximum atomic E-state index is 13.1. The van der Waals surface area contributed by atoms with Gasteiger partial charge in [-0.1, -0.05) is 12.1 Å². The van der Waals surface area contributed by atoms with Gasteiger partial charge in [0.05, 0.1) is 0 Å². The van der Waals surface area contributed by atoms with Gasteiger partial charge in [-0.05, 0) is 48.2 Å². The first-order valence-corrected chi connectivity index (χ1v) is 8.92. The third-order valence-corrected chi connectivity index (χ3v) is 4.42. The van der Waals surface area contributed by atoms with Crippen LogP contribution in [0.25, 0.3) is 10.9 Å². The highest BCUT2D eigenvalue weighted by atomic mass is 19.1. The van der Waals surface area contributed by atoms with E-state index in [2.05, 4.69) is 10.3 Å². The first-order valence-electron chi connectivity index (χ1n) is 8.92. The molecule has 7 nitrogen and oxygen atoms in total. The van der Waals surface area contributed by atoms with Crippen LogP contribution in [0, 0.1) is 5.82 Å². The van der Waals surface area contributed by atoms with Crippen LogP contribution in [0.3, 0.4) is 0 Å². The number of amides is 1. The lowest BCUT2D eigenvalue weighted by Gasteiger charge is -2.12. The number of nitrogens with zero attached hydrogens (tertiary/aromatic N) is 1. The smallest absolute Gasteiger partial charge is 0.339 e. The average Bonchev–Trinajstić information content (AvgIpc) is 2.70. The lowest BCUT2D eigenvalue weighted by Crippen LogP contribution is -2.25. The second-order valence-electron chi connectivity index (χ2n) is 6.50. The predicted molar refractivity (Wildman–Crippen MR) is 104 cm³/mol. The monoisotopic (exact) mass is 398 g/mol. The Hall–Kier alpha value is -3.52. The topological polar surface area (TPSA) is 120 Å². The molecule has 0 fully saturated rings. The predicted octanol–water partition coefficient (Wildman–Crippen LogP) is 2.48. The number of nitrogens with one attached hydrogen (secondary N) is 1. The maximum absolute atomic E-state index is 13.1. The molecule has 2 aromatic carbocycles. The van der Waals surface area contributed by atoms with Gasteiger partial charge in [-0.15, -0.1) is 0 Å². The van der Waals surface area contributed by atoms with E-state index < -0.39 is 23.2 Å². The number of hydrogen-bond donors (Lipinski definition) is 4. The zero-order valence-electron chi connectivity index (χ0n) is 15.4. The Labute approximate surface area is 165 Å². The van der Waals surface area contributed by atoms with Crippen molar-refractivity contribution in [1.82, 2.24) is 10.3 Å². The summed E-state index contributed by atoms with van der Waals surface area (Å²) in [6, 6.07) is 8.71. The molecule has 0 aliphatic carbocycles. The van der Waals surface area contributed by atoms with Crippen LogP contribution in [-0.4, -0.2) is 45.3 Å². The third-order valence-electron chi connectivity index (χ3n) is 4.42. The number of phenols is 1. The van der Waals surface area contributed by atoms with Crippen LogP contribution >= 0.6 is 0 Å². The van der Waals surface area contributed by atoms with E-state index in [9.17, 15) is 24.2 Å². The molecule has 3 aromatic rings. The third kappa shape index (κ3) is 4.49. The molecule has 0 saturated carbocycles. The van der Waals surface area contributed by atoms with E-state index in [4.69, 9.17) is 5.11 Å². The standard InChI is InChI=1S/C21H19FN2O5/c22-14-4-2-12(3-5-14)8-13-9-15-16(20(27)23-6-1-7-25)10-17(21(28)29)19(26)18(15)24-11-13/h2-5,9-11,25-26H,1,6-8H2,(H,23,27)(H,28,29). The second-order valence-corrected chi connectivity index (χ2v) is 6.50. The van der Waals surface area contributed by atoms with E-state index in [1.54, 1.807) is 18.2 Å². The summed E-state index contributed by atoms with van der Waals surface area (Å²) in [5, 5.41) is 31.4. The number of hydrogen-bond acceptors (Lipinski definition) is 5. The number of carbonyl (C=O) groups is 2. The number of pyridine rings is 1. The molecule has 150 valence electrons. The van der Waals surface area contributed by atoms with E-state index in [1.165, 1.54) is 18.3 Å². The van der Waals surface area contributed by atoms with Crippen molar-refractivity contribution in [2.75, 3.05) is 13.2 Å². The van der Waals surface area contributed by atoms with Gasteiger partial charge in [0.15, 0.2) is 5.75 Å². The molecule has 0 aliphatic rings. The molecule has 0 radical (unpaired) electrons. The fourth-order valence-electron chi connectivity index (χ4n) is 2.98. The maximum Gasteiger partial charge on any atom is 0.339 e. The molecule has 0 saturated heterocycles. The minimum absolute atomic E-state index is 0.0000596. The van der Waals surface area contributed by atoms with Crippen molar-refractivity contribution < 1.29 is 29.3 Å². The van der Waals surface area contributed by atoms with E-state index in [0.717, 1.165) is 11.6 Å². The van der Waals surface area contributed by atoms with Crippen molar-refractivity contribution in [1.29, 1.82) is 0 Å². The largest absolute Gasteiger partial charge is 0.505 e. The molecule has 1 amide bonds. The van der Waals surface area contributed by atoms with Gasteiger partial charge in [-0.3, -0.25) is 9.78 Å². The Morgan fingerprint density at radius 1 is 1.07 bits per heavy atom. The SMILES string of the molecule is O=C(O)c1cc(C(=O)NCCCO)c2cc(Cc3ccc(F)cc3)cnc2c1O. The first kappa shape index (κ1) is 20.2. The summed E-state index contributed by atoms with van der Waals surface area (Å²) in [4.78, 5) is 28.2. The number of carboxylic acid groups (broad SMARTS) is 1. The average molecular weight is 398 g/mol. The van der Waals surface area contributed by atoms with E-state index in [0.29, 0.717) is 23.8 Å². The molecule has 0 spiro atoms. The number of rotatable bonds is 7. The van der Waals surface area contributed by atoms with Gasteiger partial charge >= 0.3 is 5.97 Å². The van der Waals surface area contributed by atoms with Crippen LogP contribution in [0.1, 0.15) is 38.3 Å². The summed E-state index contributed by atoms with van der Waals surface area (Å²) in [5.41, 5.74) is 1.16. The highest BCUT2D eigenvalue weighted by molar-refractivity contribution is 6.11. The number of fused-ring (bicyclic) bond motifs is 1. The summed E-state index contributed by atoms with van der Waals surface area (Å²) in [7, 11) is 0. The van der Waals surface area contributed by atoms with Crippen molar-refractivity contribution in [2.45, 2.75) is 12.8 Å². The number of carbonyl (C=O) groups excluding carboxylic acids is 1. The number of carboxylic acids is 1. The molecule has 4 N–H and O–H groups in total. The van der Waals surface area contributed by atoms with Gasteiger partial charge in [-0.2, -0.15) is 0 Å². The fourth-order valence-corrected chi connectivity index (χ4v) is 2.98. The van der Waals surface area contributed by atoms with E-state index in [1.807, 2.05) is 0 Å². The minimum Gasteiger partial charge on any atom is -0.505 e. The molecule has 1 heterocycles. The van der Waals surface area contributed by atoms with E-state index in [-0.39, 0.29) is 30.0 Å². The van der Waals surface area contributed by atoms with Gasteiger partial charge in [-0.25, -0.2) is 9.18 Å². The summed E-state index contributed by atoms with van der Waals surface area (Å²) >= 11 is 0. The molecular formula is C21H19FN2O5. The Kier molecular flexibility index (Phi) is 6.04. The number of halogens is 1. The van der Waals surface area contributed by atoms with Crippen LogP contribution in [0.4, 0.5) is 4.39 Å². The molecule has 8 heteroatoms. The van der Waals surface area contributed by atoms with Crippen molar-refractivity contribution >= 4 is 22.8 Å². The van der Waals surface area contributed by atoms with Crippen molar-refractivity contribution in [3.8, 4) is 5.75 Å². The zero-order chi connectivity index (χ0) is 21.0. The van der Waals surface area contributed by atoms with Gasteiger partial charge in [0.25, 0.3) is 5.91 Å². The van der Waals surface area contributed by atoms with Crippen molar-refractivity contribution in [3.63, 3.8) is 0 Å². The Morgan fingerprint density at radius 3 is 2.45 bits per heavy atom. The van der Waals surface area contributed by atoms with Gasteiger partial charge in [0.2, 0.25) is 0 Å². The Bertz CT molecular complexity index is 1070. The number of aromatic carboxylic acids is 1. The fraction of sp³-hybridized carbons (Fsp3) is 0.190. The number of aliphatic hydroxyl groups is 1. The molecule has 1 aromatic heterocycles. The van der Waals surface area contributed by atoms with Gasteiger partial charge < -0.3 is 20.6 Å². The minimum atomic E-state index is -1.38. The molecular weight excluding hydrogens is 379 g/mol. The molecule has 0 bridgehead atoms. The molecule has 0 atom stereocenters. The van der Waals surface area contributed by atoms with Crippen LogP contribution in [0.5, 0.6) is 5.75 Å². The molecule has 0 unspecified atom stereocenters. The molecule has 29 heavy (non-hydrogen) atoms.